The average Bonchev–Trinajstić information content (AvgIpc) is 2.95. The van der Waals surface area contributed by atoms with Gasteiger partial charge in [0.05, 0.1) is 0 Å². The minimum Gasteiger partial charge on any atom is -0.343 e. The summed E-state index contributed by atoms with van der Waals surface area (Å²) in [6.07, 6.45) is 8.68. The minimum atomic E-state index is 0.243. The van der Waals surface area contributed by atoms with Crippen LogP contribution in [0.1, 0.15) is 70.5 Å². The van der Waals surface area contributed by atoms with E-state index in [0.29, 0.717) is 24.8 Å². The van der Waals surface area contributed by atoms with Crippen molar-refractivity contribution in [1.82, 2.24) is 15.0 Å². The van der Waals surface area contributed by atoms with E-state index < -0.39 is 0 Å². The van der Waals surface area contributed by atoms with Gasteiger partial charge in [-0.25, -0.2) is 0 Å². The van der Waals surface area contributed by atoms with E-state index in [1.807, 2.05) is 11.9 Å². The van der Waals surface area contributed by atoms with Crippen LogP contribution in [0.3, 0.4) is 0 Å². The highest BCUT2D eigenvalue weighted by Crippen LogP contribution is 2.26. The van der Waals surface area contributed by atoms with E-state index in [2.05, 4.69) is 24.0 Å². The van der Waals surface area contributed by atoms with Gasteiger partial charge in [0.15, 0.2) is 5.82 Å². The molecule has 1 aliphatic carbocycles. The molecular formula is C17H29N3O2. The first kappa shape index (κ1) is 17.0. The molecule has 124 valence electrons. The average molecular weight is 307 g/mol. The second kappa shape index (κ2) is 8.30. The lowest BCUT2D eigenvalue weighted by molar-refractivity contribution is -0.132. The summed E-state index contributed by atoms with van der Waals surface area (Å²) in [7, 11) is 1.95. The molecular weight excluding hydrogens is 278 g/mol. The number of hydrogen-bond donors (Lipinski definition) is 0. The molecule has 1 aromatic rings. The first-order valence-corrected chi connectivity index (χ1v) is 8.67. The fourth-order valence-electron chi connectivity index (χ4n) is 3.12. The maximum Gasteiger partial charge on any atom is 0.226 e. The molecule has 0 N–H and O–H groups in total. The Hall–Kier alpha value is -1.39. The Bertz CT molecular complexity index is 464. The van der Waals surface area contributed by atoms with Gasteiger partial charge in [-0.05, 0) is 44.4 Å². The van der Waals surface area contributed by atoms with Crippen molar-refractivity contribution in [3.05, 3.63) is 11.7 Å². The van der Waals surface area contributed by atoms with Gasteiger partial charge in [0.25, 0.3) is 0 Å². The highest BCUT2D eigenvalue weighted by molar-refractivity contribution is 5.76. The predicted molar refractivity (Wildman–Crippen MR) is 85.4 cm³/mol. The van der Waals surface area contributed by atoms with Crippen LogP contribution in [0.5, 0.6) is 0 Å². The molecule has 5 nitrogen and oxygen atoms in total. The highest BCUT2D eigenvalue weighted by Gasteiger charge is 2.24. The minimum absolute atomic E-state index is 0.243. The van der Waals surface area contributed by atoms with Gasteiger partial charge in [-0.15, -0.1) is 0 Å². The van der Waals surface area contributed by atoms with E-state index >= 15 is 0 Å². The molecule has 1 saturated carbocycles. The molecule has 0 atom stereocenters. The summed E-state index contributed by atoms with van der Waals surface area (Å²) in [5, 5.41) is 3.94. The molecule has 5 heteroatoms. The number of amides is 1. The van der Waals surface area contributed by atoms with Crippen LogP contribution < -0.4 is 0 Å². The number of hydrogen-bond acceptors (Lipinski definition) is 4. The molecule has 1 fully saturated rings. The van der Waals surface area contributed by atoms with Crippen LogP contribution in [-0.2, 0) is 17.6 Å². The zero-order valence-corrected chi connectivity index (χ0v) is 14.2. The summed E-state index contributed by atoms with van der Waals surface area (Å²) >= 11 is 0. The molecule has 1 aromatic heterocycles. The highest BCUT2D eigenvalue weighted by atomic mass is 16.5. The SMILES string of the molecule is CCCc1noc(CCCC(=O)N(C)C2CCC(C)CC2)n1. The number of carbonyl (C=O) groups excluding carboxylic acids is 1. The monoisotopic (exact) mass is 307 g/mol. The van der Waals surface area contributed by atoms with Gasteiger partial charge in [0, 0.05) is 32.4 Å². The molecule has 1 heterocycles. The van der Waals surface area contributed by atoms with Crippen LogP contribution in [0.15, 0.2) is 4.52 Å². The maximum absolute atomic E-state index is 12.3. The predicted octanol–water partition coefficient (Wildman–Crippen LogP) is 3.38. The van der Waals surface area contributed by atoms with E-state index in [9.17, 15) is 4.79 Å². The quantitative estimate of drug-likeness (QED) is 0.775. The summed E-state index contributed by atoms with van der Waals surface area (Å²) in [6.45, 7) is 4.39. The number of carbonyl (C=O) groups is 1. The molecule has 22 heavy (non-hydrogen) atoms. The van der Waals surface area contributed by atoms with Crippen LogP contribution >= 0.6 is 0 Å². The number of aromatic nitrogens is 2. The molecule has 0 radical (unpaired) electrons. The van der Waals surface area contributed by atoms with Crippen LogP contribution in [0.25, 0.3) is 0 Å². The summed E-state index contributed by atoms with van der Waals surface area (Å²) in [5.74, 6) is 2.49. The molecule has 0 aliphatic heterocycles. The van der Waals surface area contributed by atoms with E-state index in [1.165, 1.54) is 12.8 Å². The fourth-order valence-corrected chi connectivity index (χ4v) is 3.12. The Morgan fingerprint density at radius 2 is 2.00 bits per heavy atom. The topological polar surface area (TPSA) is 59.2 Å². The van der Waals surface area contributed by atoms with Crippen molar-refractivity contribution in [3.8, 4) is 0 Å². The largest absolute Gasteiger partial charge is 0.343 e. The fraction of sp³-hybridized carbons (Fsp3) is 0.824. The van der Waals surface area contributed by atoms with Crippen molar-refractivity contribution < 1.29 is 9.32 Å². The van der Waals surface area contributed by atoms with Crippen molar-refractivity contribution in [2.45, 2.75) is 77.7 Å². The van der Waals surface area contributed by atoms with Crippen LogP contribution in [0.2, 0.25) is 0 Å². The third-order valence-electron chi connectivity index (χ3n) is 4.69. The third kappa shape index (κ3) is 4.82. The Balaban J connectivity index is 1.70. The maximum atomic E-state index is 12.3. The zero-order valence-electron chi connectivity index (χ0n) is 14.2. The standard InChI is InChI=1S/C17H29N3O2/c1-4-6-15-18-16(22-19-15)7-5-8-17(21)20(3)14-11-9-13(2)10-12-14/h13-14H,4-12H2,1-3H3. The van der Waals surface area contributed by atoms with E-state index in [4.69, 9.17) is 4.52 Å². The van der Waals surface area contributed by atoms with Crippen LogP contribution in [-0.4, -0.2) is 34.0 Å². The lowest BCUT2D eigenvalue weighted by Crippen LogP contribution is -2.39. The number of rotatable bonds is 7. The summed E-state index contributed by atoms with van der Waals surface area (Å²) < 4.78 is 5.20. The molecule has 0 bridgehead atoms. The molecule has 2 rings (SSSR count). The number of aryl methyl sites for hydroxylation is 2. The Morgan fingerprint density at radius 3 is 2.68 bits per heavy atom. The molecule has 1 amide bonds. The lowest BCUT2D eigenvalue weighted by Gasteiger charge is -2.33. The van der Waals surface area contributed by atoms with Crippen molar-refractivity contribution in [2.75, 3.05) is 7.05 Å². The van der Waals surface area contributed by atoms with Gasteiger partial charge in [-0.1, -0.05) is 19.0 Å². The van der Waals surface area contributed by atoms with Crippen molar-refractivity contribution in [2.24, 2.45) is 5.92 Å². The summed E-state index contributed by atoms with van der Waals surface area (Å²) in [4.78, 5) is 18.6. The molecule has 1 aliphatic rings. The molecule has 0 aromatic carbocycles. The smallest absolute Gasteiger partial charge is 0.226 e. The van der Waals surface area contributed by atoms with Gasteiger partial charge >= 0.3 is 0 Å². The van der Waals surface area contributed by atoms with E-state index in [0.717, 1.165) is 43.8 Å². The van der Waals surface area contributed by atoms with Gasteiger partial charge in [0.2, 0.25) is 11.8 Å². The van der Waals surface area contributed by atoms with Gasteiger partial charge in [-0.2, -0.15) is 4.98 Å². The normalized spacial score (nSPS) is 21.8. The van der Waals surface area contributed by atoms with Gasteiger partial charge in [-0.3, -0.25) is 4.79 Å². The lowest BCUT2D eigenvalue weighted by atomic mass is 9.86. The Labute approximate surface area is 133 Å². The molecule has 0 saturated heterocycles. The molecule has 0 spiro atoms. The first-order chi connectivity index (χ1) is 10.6. The van der Waals surface area contributed by atoms with Crippen molar-refractivity contribution in [3.63, 3.8) is 0 Å². The zero-order chi connectivity index (χ0) is 15.9. The van der Waals surface area contributed by atoms with Crippen molar-refractivity contribution >= 4 is 5.91 Å². The molecule has 0 unspecified atom stereocenters. The first-order valence-electron chi connectivity index (χ1n) is 8.67. The second-order valence-corrected chi connectivity index (χ2v) is 6.63. The van der Waals surface area contributed by atoms with Crippen LogP contribution in [0, 0.1) is 5.92 Å². The second-order valence-electron chi connectivity index (χ2n) is 6.63. The third-order valence-corrected chi connectivity index (χ3v) is 4.69. The van der Waals surface area contributed by atoms with Gasteiger partial charge in [0.1, 0.15) is 0 Å². The summed E-state index contributed by atoms with van der Waals surface area (Å²) in [6, 6.07) is 0.434. The van der Waals surface area contributed by atoms with E-state index in [1.54, 1.807) is 0 Å². The van der Waals surface area contributed by atoms with Crippen molar-refractivity contribution in [1.29, 1.82) is 0 Å². The Morgan fingerprint density at radius 1 is 1.27 bits per heavy atom. The van der Waals surface area contributed by atoms with Crippen LogP contribution in [0.4, 0.5) is 0 Å². The van der Waals surface area contributed by atoms with E-state index in [-0.39, 0.29) is 5.91 Å². The van der Waals surface area contributed by atoms with Gasteiger partial charge < -0.3 is 9.42 Å². The number of nitrogens with zero attached hydrogens (tertiary/aromatic N) is 3. The summed E-state index contributed by atoms with van der Waals surface area (Å²) in [5.41, 5.74) is 0. The Kier molecular flexibility index (Phi) is 6.40.